The number of nitrogens with zero attached hydrogens (tertiary/aromatic N) is 1. The number of amides is 1. The van der Waals surface area contributed by atoms with Crippen molar-refractivity contribution in [2.75, 3.05) is 12.4 Å². The minimum Gasteiger partial charge on any atom is -0.324 e. The summed E-state index contributed by atoms with van der Waals surface area (Å²) in [7, 11) is 2.02. The van der Waals surface area contributed by atoms with Crippen LogP contribution in [0.5, 0.6) is 0 Å². The van der Waals surface area contributed by atoms with E-state index in [9.17, 15) is 4.79 Å². The zero-order valence-electron chi connectivity index (χ0n) is 12.3. The Balaban J connectivity index is 1.73. The van der Waals surface area contributed by atoms with Crippen molar-refractivity contribution in [3.05, 3.63) is 65.7 Å². The quantitative estimate of drug-likeness (QED) is 0.937. The second-order valence-electron chi connectivity index (χ2n) is 5.60. The molecule has 1 atom stereocenters. The van der Waals surface area contributed by atoms with Crippen molar-refractivity contribution >= 4 is 11.6 Å². The molecule has 1 N–H and O–H groups in total. The summed E-state index contributed by atoms with van der Waals surface area (Å²) in [5.41, 5.74) is 3.41. The SMILES string of the molecule is CN(Cc1ccccc1)[C@@H]1CCc2ccccc2NC1=O. The lowest BCUT2D eigenvalue weighted by Crippen LogP contribution is -2.40. The van der Waals surface area contributed by atoms with Crippen molar-refractivity contribution in [3.63, 3.8) is 0 Å². The van der Waals surface area contributed by atoms with Crippen LogP contribution in [-0.2, 0) is 17.8 Å². The van der Waals surface area contributed by atoms with Gasteiger partial charge < -0.3 is 5.32 Å². The number of rotatable bonds is 3. The Kier molecular flexibility index (Phi) is 4.02. The molecule has 1 amide bonds. The van der Waals surface area contributed by atoms with Crippen LogP contribution < -0.4 is 5.32 Å². The maximum absolute atomic E-state index is 12.5. The Morgan fingerprint density at radius 3 is 2.62 bits per heavy atom. The summed E-state index contributed by atoms with van der Waals surface area (Å²) < 4.78 is 0. The lowest BCUT2D eigenvalue weighted by Gasteiger charge is -2.25. The van der Waals surface area contributed by atoms with Crippen LogP contribution in [0.4, 0.5) is 5.69 Å². The van der Waals surface area contributed by atoms with E-state index in [4.69, 9.17) is 0 Å². The summed E-state index contributed by atoms with van der Waals surface area (Å²) in [4.78, 5) is 14.6. The van der Waals surface area contributed by atoms with Gasteiger partial charge in [-0.05, 0) is 37.1 Å². The predicted molar refractivity (Wildman–Crippen MR) is 85.1 cm³/mol. The first-order valence-electron chi connectivity index (χ1n) is 7.37. The first-order valence-corrected chi connectivity index (χ1v) is 7.37. The molecule has 0 aromatic heterocycles. The van der Waals surface area contributed by atoms with Crippen molar-refractivity contribution in [1.29, 1.82) is 0 Å². The topological polar surface area (TPSA) is 32.3 Å². The maximum atomic E-state index is 12.5. The zero-order valence-corrected chi connectivity index (χ0v) is 12.3. The highest BCUT2D eigenvalue weighted by Crippen LogP contribution is 2.23. The Hall–Kier alpha value is -2.13. The molecule has 0 spiro atoms. The van der Waals surface area contributed by atoms with Crippen molar-refractivity contribution in [3.8, 4) is 0 Å². The standard InChI is InChI=1S/C18H20N2O/c1-20(13-14-7-3-2-4-8-14)17-12-11-15-9-5-6-10-16(15)19-18(17)21/h2-10,17H,11-13H2,1H3,(H,19,21)/t17-/m1/s1. The van der Waals surface area contributed by atoms with Crippen LogP contribution in [0.25, 0.3) is 0 Å². The first kappa shape index (κ1) is 13.8. The number of carbonyl (C=O) groups excluding carboxylic acids is 1. The predicted octanol–water partition coefficient (Wildman–Crippen LogP) is 3.07. The number of benzene rings is 2. The fourth-order valence-electron chi connectivity index (χ4n) is 2.90. The molecule has 3 rings (SSSR count). The molecule has 21 heavy (non-hydrogen) atoms. The Labute approximate surface area is 125 Å². The number of carbonyl (C=O) groups is 1. The van der Waals surface area contributed by atoms with Crippen LogP contribution >= 0.6 is 0 Å². The Bertz CT molecular complexity index is 624. The van der Waals surface area contributed by atoms with Gasteiger partial charge >= 0.3 is 0 Å². The van der Waals surface area contributed by atoms with Crippen LogP contribution in [-0.4, -0.2) is 23.9 Å². The molecule has 1 heterocycles. The second-order valence-corrected chi connectivity index (χ2v) is 5.60. The highest BCUT2D eigenvalue weighted by molar-refractivity contribution is 5.96. The van der Waals surface area contributed by atoms with E-state index in [0.717, 1.165) is 25.1 Å². The first-order chi connectivity index (χ1) is 10.2. The van der Waals surface area contributed by atoms with E-state index < -0.39 is 0 Å². The Morgan fingerprint density at radius 1 is 1.10 bits per heavy atom. The molecule has 3 nitrogen and oxygen atoms in total. The minimum absolute atomic E-state index is 0.0855. The molecule has 1 aliphatic rings. The molecule has 2 aromatic rings. The van der Waals surface area contributed by atoms with Gasteiger partial charge in [0.2, 0.25) is 5.91 Å². The number of para-hydroxylation sites is 1. The molecule has 0 aliphatic carbocycles. The van der Waals surface area contributed by atoms with Crippen LogP contribution in [0, 0.1) is 0 Å². The lowest BCUT2D eigenvalue weighted by atomic mass is 10.0. The second kappa shape index (κ2) is 6.10. The van der Waals surface area contributed by atoms with Gasteiger partial charge in [-0.3, -0.25) is 9.69 Å². The maximum Gasteiger partial charge on any atom is 0.241 e. The van der Waals surface area contributed by atoms with Crippen LogP contribution in [0.1, 0.15) is 17.5 Å². The van der Waals surface area contributed by atoms with E-state index in [1.807, 2.05) is 43.4 Å². The third-order valence-electron chi connectivity index (χ3n) is 4.07. The van der Waals surface area contributed by atoms with E-state index >= 15 is 0 Å². The monoisotopic (exact) mass is 280 g/mol. The van der Waals surface area contributed by atoms with E-state index in [2.05, 4.69) is 28.4 Å². The molecule has 1 aliphatic heterocycles. The van der Waals surface area contributed by atoms with Crippen molar-refractivity contribution in [1.82, 2.24) is 4.90 Å². The van der Waals surface area contributed by atoms with Gasteiger partial charge in [-0.15, -0.1) is 0 Å². The molecule has 0 fully saturated rings. The van der Waals surface area contributed by atoms with E-state index in [1.165, 1.54) is 11.1 Å². The smallest absolute Gasteiger partial charge is 0.241 e. The molecule has 3 heteroatoms. The molecule has 2 aromatic carbocycles. The molecule has 0 radical (unpaired) electrons. The van der Waals surface area contributed by atoms with Gasteiger partial charge in [0.25, 0.3) is 0 Å². The highest BCUT2D eigenvalue weighted by atomic mass is 16.2. The van der Waals surface area contributed by atoms with Gasteiger partial charge in [-0.1, -0.05) is 48.5 Å². The normalized spacial score (nSPS) is 18.0. The largest absolute Gasteiger partial charge is 0.324 e. The number of hydrogen-bond donors (Lipinski definition) is 1. The molecular formula is C18H20N2O. The van der Waals surface area contributed by atoms with Crippen LogP contribution in [0.15, 0.2) is 54.6 Å². The fraction of sp³-hybridized carbons (Fsp3) is 0.278. The third-order valence-corrected chi connectivity index (χ3v) is 4.07. The van der Waals surface area contributed by atoms with E-state index in [-0.39, 0.29) is 11.9 Å². The van der Waals surface area contributed by atoms with Crippen molar-refractivity contribution in [2.24, 2.45) is 0 Å². The summed E-state index contributed by atoms with van der Waals surface area (Å²) in [6, 6.07) is 18.3. The zero-order chi connectivity index (χ0) is 14.7. The number of aryl methyl sites for hydroxylation is 1. The van der Waals surface area contributed by atoms with Gasteiger partial charge in [0.05, 0.1) is 6.04 Å². The van der Waals surface area contributed by atoms with E-state index in [0.29, 0.717) is 0 Å². The minimum atomic E-state index is -0.0855. The summed E-state index contributed by atoms with van der Waals surface area (Å²) in [5, 5.41) is 3.06. The van der Waals surface area contributed by atoms with Crippen molar-refractivity contribution < 1.29 is 4.79 Å². The van der Waals surface area contributed by atoms with Crippen LogP contribution in [0.3, 0.4) is 0 Å². The third kappa shape index (κ3) is 3.14. The number of anilines is 1. The fourth-order valence-corrected chi connectivity index (χ4v) is 2.90. The Morgan fingerprint density at radius 2 is 1.81 bits per heavy atom. The van der Waals surface area contributed by atoms with Gasteiger partial charge in [0, 0.05) is 12.2 Å². The molecule has 0 saturated carbocycles. The van der Waals surface area contributed by atoms with Gasteiger partial charge in [-0.2, -0.15) is 0 Å². The lowest BCUT2D eigenvalue weighted by molar-refractivity contribution is -0.121. The van der Waals surface area contributed by atoms with E-state index in [1.54, 1.807) is 0 Å². The molecule has 0 bridgehead atoms. The van der Waals surface area contributed by atoms with Crippen LogP contribution in [0.2, 0.25) is 0 Å². The number of likely N-dealkylation sites (N-methyl/N-ethyl adjacent to an activating group) is 1. The molecule has 0 unspecified atom stereocenters. The molecular weight excluding hydrogens is 260 g/mol. The number of nitrogens with one attached hydrogen (secondary N) is 1. The molecule has 0 saturated heterocycles. The highest BCUT2D eigenvalue weighted by Gasteiger charge is 2.26. The number of fused-ring (bicyclic) bond motifs is 1. The summed E-state index contributed by atoms with van der Waals surface area (Å²) >= 11 is 0. The summed E-state index contributed by atoms with van der Waals surface area (Å²) in [6.07, 6.45) is 1.78. The van der Waals surface area contributed by atoms with Gasteiger partial charge in [0.1, 0.15) is 0 Å². The summed E-state index contributed by atoms with van der Waals surface area (Å²) in [6.45, 7) is 0.787. The summed E-state index contributed by atoms with van der Waals surface area (Å²) in [5.74, 6) is 0.0957. The van der Waals surface area contributed by atoms with Crippen molar-refractivity contribution in [2.45, 2.75) is 25.4 Å². The number of hydrogen-bond acceptors (Lipinski definition) is 2. The molecule has 108 valence electrons. The average Bonchev–Trinajstić information content (AvgIpc) is 2.66. The van der Waals surface area contributed by atoms with Gasteiger partial charge in [-0.25, -0.2) is 0 Å². The average molecular weight is 280 g/mol. The van der Waals surface area contributed by atoms with Gasteiger partial charge in [0.15, 0.2) is 0 Å².